The topological polar surface area (TPSA) is 43.8 Å². The molecule has 0 bridgehead atoms. The summed E-state index contributed by atoms with van der Waals surface area (Å²) in [5, 5.41) is 4.22. The quantitative estimate of drug-likeness (QED) is 0.627. The highest BCUT2D eigenvalue weighted by Gasteiger charge is 2.05. The van der Waals surface area contributed by atoms with Gasteiger partial charge in [-0.15, -0.1) is 0 Å². The Morgan fingerprint density at radius 1 is 1.60 bits per heavy atom. The number of aryl methyl sites for hydroxylation is 2. The van der Waals surface area contributed by atoms with E-state index in [1.807, 2.05) is 14.0 Å². The van der Waals surface area contributed by atoms with E-state index in [4.69, 9.17) is 5.73 Å². The van der Waals surface area contributed by atoms with Gasteiger partial charge in [-0.05, 0) is 13.3 Å². The van der Waals surface area contributed by atoms with Crippen LogP contribution in [-0.4, -0.2) is 9.78 Å². The maximum Gasteiger partial charge on any atom is 0.124 e. The van der Waals surface area contributed by atoms with Crippen LogP contribution in [0.1, 0.15) is 18.2 Å². The van der Waals surface area contributed by atoms with E-state index < -0.39 is 0 Å². The fraction of sp³-hybridized carbons (Fsp3) is 0.571. The Kier molecular flexibility index (Phi) is 1.66. The molecule has 0 amide bonds. The second kappa shape index (κ2) is 2.33. The van der Waals surface area contributed by atoms with Crippen molar-refractivity contribution in [3.05, 3.63) is 11.3 Å². The summed E-state index contributed by atoms with van der Waals surface area (Å²) in [7, 11) is 1.86. The minimum Gasteiger partial charge on any atom is -0.384 e. The molecular formula is C7H13N3. The van der Waals surface area contributed by atoms with E-state index in [-0.39, 0.29) is 0 Å². The third kappa shape index (κ3) is 0.875. The zero-order valence-corrected chi connectivity index (χ0v) is 6.68. The molecule has 56 valence electrons. The Bertz CT molecular complexity index is 237. The summed E-state index contributed by atoms with van der Waals surface area (Å²) >= 11 is 0. The number of rotatable bonds is 1. The van der Waals surface area contributed by atoms with Gasteiger partial charge < -0.3 is 5.73 Å². The molecule has 3 heteroatoms. The molecule has 0 aliphatic carbocycles. The molecule has 0 atom stereocenters. The van der Waals surface area contributed by atoms with Crippen molar-refractivity contribution in [2.24, 2.45) is 7.05 Å². The van der Waals surface area contributed by atoms with Crippen molar-refractivity contribution in [1.82, 2.24) is 9.78 Å². The summed E-state index contributed by atoms with van der Waals surface area (Å²) in [6, 6.07) is 0. The third-order valence-electron chi connectivity index (χ3n) is 1.77. The summed E-state index contributed by atoms with van der Waals surface area (Å²) in [5.74, 6) is 0.775. The molecule has 0 saturated carbocycles. The van der Waals surface area contributed by atoms with Gasteiger partial charge >= 0.3 is 0 Å². The van der Waals surface area contributed by atoms with Crippen LogP contribution < -0.4 is 5.73 Å². The molecule has 0 aliphatic rings. The van der Waals surface area contributed by atoms with Gasteiger partial charge in [-0.3, -0.25) is 4.68 Å². The molecule has 0 spiro atoms. The lowest BCUT2D eigenvalue weighted by molar-refractivity contribution is 0.755. The molecule has 1 aromatic rings. The molecule has 3 nitrogen and oxygen atoms in total. The van der Waals surface area contributed by atoms with E-state index in [0.29, 0.717) is 0 Å². The Morgan fingerprint density at radius 2 is 2.20 bits per heavy atom. The monoisotopic (exact) mass is 139 g/mol. The van der Waals surface area contributed by atoms with Crippen LogP contribution in [0.15, 0.2) is 0 Å². The Balaban J connectivity index is 3.17. The molecule has 0 fully saturated rings. The zero-order chi connectivity index (χ0) is 7.72. The number of nitrogen functional groups attached to an aromatic ring is 1. The first-order valence-electron chi connectivity index (χ1n) is 3.44. The van der Waals surface area contributed by atoms with Crippen molar-refractivity contribution >= 4 is 5.82 Å². The van der Waals surface area contributed by atoms with Gasteiger partial charge in [0, 0.05) is 12.6 Å². The highest BCUT2D eigenvalue weighted by Crippen LogP contribution is 2.13. The van der Waals surface area contributed by atoms with Gasteiger partial charge in [0.1, 0.15) is 5.82 Å². The highest BCUT2D eigenvalue weighted by molar-refractivity contribution is 5.41. The Morgan fingerprint density at radius 3 is 2.40 bits per heavy atom. The van der Waals surface area contributed by atoms with Crippen LogP contribution >= 0.6 is 0 Å². The van der Waals surface area contributed by atoms with Crippen LogP contribution in [0.4, 0.5) is 5.82 Å². The van der Waals surface area contributed by atoms with E-state index in [0.717, 1.165) is 23.5 Å². The zero-order valence-electron chi connectivity index (χ0n) is 6.68. The molecule has 0 aliphatic heterocycles. The van der Waals surface area contributed by atoms with Gasteiger partial charge in [0.2, 0.25) is 0 Å². The van der Waals surface area contributed by atoms with Crippen LogP contribution in [0, 0.1) is 6.92 Å². The lowest BCUT2D eigenvalue weighted by Gasteiger charge is -1.91. The van der Waals surface area contributed by atoms with Gasteiger partial charge in [-0.1, -0.05) is 6.92 Å². The first-order valence-corrected chi connectivity index (χ1v) is 3.44. The normalized spacial score (nSPS) is 10.3. The fourth-order valence-corrected chi connectivity index (χ4v) is 1.04. The number of anilines is 1. The van der Waals surface area contributed by atoms with Crippen molar-refractivity contribution in [3.8, 4) is 0 Å². The molecule has 0 saturated heterocycles. The van der Waals surface area contributed by atoms with Gasteiger partial charge in [-0.2, -0.15) is 5.10 Å². The van der Waals surface area contributed by atoms with Crippen molar-refractivity contribution in [2.75, 3.05) is 5.73 Å². The number of hydrogen-bond acceptors (Lipinski definition) is 2. The van der Waals surface area contributed by atoms with E-state index in [1.54, 1.807) is 4.68 Å². The maximum atomic E-state index is 5.68. The summed E-state index contributed by atoms with van der Waals surface area (Å²) in [4.78, 5) is 0. The lowest BCUT2D eigenvalue weighted by Crippen LogP contribution is -1.97. The first-order chi connectivity index (χ1) is 4.66. The summed E-state index contributed by atoms with van der Waals surface area (Å²) in [5.41, 5.74) is 7.89. The predicted octanol–water partition coefficient (Wildman–Crippen LogP) is 0.873. The van der Waals surface area contributed by atoms with Crippen LogP contribution in [-0.2, 0) is 13.5 Å². The highest BCUT2D eigenvalue weighted by atomic mass is 15.3. The Hall–Kier alpha value is -0.990. The number of nitrogens with zero attached hydrogens (tertiary/aromatic N) is 2. The average Bonchev–Trinajstić information content (AvgIpc) is 2.17. The van der Waals surface area contributed by atoms with Crippen LogP contribution in [0.5, 0.6) is 0 Å². The minimum atomic E-state index is 0.775. The summed E-state index contributed by atoms with van der Waals surface area (Å²) in [6.45, 7) is 4.08. The number of hydrogen-bond donors (Lipinski definition) is 1. The van der Waals surface area contributed by atoms with E-state index >= 15 is 0 Å². The number of aromatic nitrogens is 2. The largest absolute Gasteiger partial charge is 0.384 e. The second-order valence-corrected chi connectivity index (χ2v) is 2.43. The van der Waals surface area contributed by atoms with E-state index in [9.17, 15) is 0 Å². The maximum absolute atomic E-state index is 5.68. The Labute approximate surface area is 60.8 Å². The second-order valence-electron chi connectivity index (χ2n) is 2.43. The van der Waals surface area contributed by atoms with Gasteiger partial charge in [0.05, 0.1) is 5.69 Å². The van der Waals surface area contributed by atoms with Gasteiger partial charge in [0.25, 0.3) is 0 Å². The summed E-state index contributed by atoms with van der Waals surface area (Å²) < 4.78 is 1.72. The van der Waals surface area contributed by atoms with Crippen molar-refractivity contribution in [3.63, 3.8) is 0 Å². The van der Waals surface area contributed by atoms with E-state index in [1.165, 1.54) is 0 Å². The molecular weight excluding hydrogens is 126 g/mol. The number of nitrogens with two attached hydrogens (primary N) is 1. The third-order valence-corrected chi connectivity index (χ3v) is 1.77. The van der Waals surface area contributed by atoms with Gasteiger partial charge in [-0.25, -0.2) is 0 Å². The van der Waals surface area contributed by atoms with Crippen molar-refractivity contribution in [1.29, 1.82) is 0 Å². The SMILES string of the molecule is CCc1nn(C)c(N)c1C. The smallest absolute Gasteiger partial charge is 0.124 e. The molecule has 0 unspecified atom stereocenters. The molecule has 10 heavy (non-hydrogen) atoms. The van der Waals surface area contributed by atoms with Crippen LogP contribution in [0.3, 0.4) is 0 Å². The minimum absolute atomic E-state index is 0.775. The molecule has 1 aromatic heterocycles. The molecule has 1 heterocycles. The molecule has 0 radical (unpaired) electrons. The fourth-order valence-electron chi connectivity index (χ4n) is 1.04. The van der Waals surface area contributed by atoms with Crippen molar-refractivity contribution < 1.29 is 0 Å². The van der Waals surface area contributed by atoms with Crippen LogP contribution in [0.25, 0.3) is 0 Å². The lowest BCUT2D eigenvalue weighted by atomic mass is 10.2. The standard InChI is InChI=1S/C7H13N3/c1-4-6-5(2)7(8)10(3)9-6/h4,8H2,1-3H3. The van der Waals surface area contributed by atoms with E-state index in [2.05, 4.69) is 12.0 Å². The van der Waals surface area contributed by atoms with Crippen LogP contribution in [0.2, 0.25) is 0 Å². The average molecular weight is 139 g/mol. The molecule has 1 rings (SSSR count). The molecule has 0 aromatic carbocycles. The first kappa shape index (κ1) is 7.12. The molecule has 2 N–H and O–H groups in total. The predicted molar refractivity (Wildman–Crippen MR) is 41.7 cm³/mol. The van der Waals surface area contributed by atoms with Crippen molar-refractivity contribution in [2.45, 2.75) is 20.3 Å². The van der Waals surface area contributed by atoms with Gasteiger partial charge in [0.15, 0.2) is 0 Å². The summed E-state index contributed by atoms with van der Waals surface area (Å²) in [6.07, 6.45) is 0.955.